The van der Waals surface area contributed by atoms with Crippen LogP contribution in [0.25, 0.3) is 10.9 Å². The van der Waals surface area contributed by atoms with Crippen LogP contribution in [0.1, 0.15) is 51.3 Å². The van der Waals surface area contributed by atoms with Crippen molar-refractivity contribution in [2.75, 3.05) is 7.11 Å². The van der Waals surface area contributed by atoms with Crippen LogP contribution in [0.3, 0.4) is 0 Å². The number of rotatable bonds is 7. The van der Waals surface area contributed by atoms with Crippen molar-refractivity contribution in [2.45, 2.75) is 39.7 Å². The van der Waals surface area contributed by atoms with Crippen LogP contribution in [-0.4, -0.2) is 45.9 Å². The van der Waals surface area contributed by atoms with E-state index in [1.54, 1.807) is 38.1 Å². The van der Waals surface area contributed by atoms with E-state index in [0.29, 0.717) is 28.0 Å². The van der Waals surface area contributed by atoms with Crippen LogP contribution >= 0.6 is 0 Å². The monoisotopic (exact) mass is 425 g/mol. The van der Waals surface area contributed by atoms with Crippen LogP contribution in [0.5, 0.6) is 0 Å². The Balaban J connectivity index is 1.65. The van der Waals surface area contributed by atoms with Crippen molar-refractivity contribution in [3.05, 3.63) is 63.0 Å². The molecule has 0 aliphatic heterocycles. The molecule has 0 saturated heterocycles. The van der Waals surface area contributed by atoms with Crippen molar-refractivity contribution in [3.8, 4) is 0 Å². The molecule has 31 heavy (non-hydrogen) atoms. The highest BCUT2D eigenvalue weighted by Crippen LogP contribution is 2.21. The van der Waals surface area contributed by atoms with Gasteiger partial charge in [-0.05, 0) is 38.5 Å². The van der Waals surface area contributed by atoms with Gasteiger partial charge in [-0.15, -0.1) is 0 Å². The predicted octanol–water partition coefficient (Wildman–Crippen LogP) is 2.40. The van der Waals surface area contributed by atoms with Gasteiger partial charge in [-0.3, -0.25) is 14.4 Å². The zero-order chi connectivity index (χ0) is 22.7. The molecule has 0 spiro atoms. The molecule has 1 unspecified atom stereocenters. The highest BCUT2D eigenvalue weighted by molar-refractivity contribution is 6.03. The maximum atomic E-state index is 12.7. The number of nitrogens with one attached hydrogen (secondary N) is 2. The summed E-state index contributed by atoms with van der Waals surface area (Å²) in [6, 6.07) is 6.91. The van der Waals surface area contributed by atoms with Gasteiger partial charge < -0.3 is 19.4 Å². The molecule has 1 aromatic carbocycles. The zero-order valence-corrected chi connectivity index (χ0v) is 17.7. The maximum absolute atomic E-state index is 12.7. The van der Waals surface area contributed by atoms with E-state index in [1.807, 2.05) is 0 Å². The summed E-state index contributed by atoms with van der Waals surface area (Å²) in [5.74, 6) is -1.25. The van der Waals surface area contributed by atoms with Crippen LogP contribution in [0.4, 0.5) is 0 Å². The van der Waals surface area contributed by atoms with Crippen LogP contribution in [-0.2, 0) is 20.7 Å². The molecule has 0 aliphatic rings. The lowest BCUT2D eigenvalue weighted by molar-refractivity contribution is -0.146. The standard InChI is InChI=1S/C22H23N3O6/c1-11-18(22(29)30-4)12(2)23-19(11)20(27)13(3)31-17(26)10-9-16-24-15-8-6-5-7-14(15)21(28)25-16/h5-8,13,23H,9-10H2,1-4H3,(H,24,25,28). The number of para-hydroxylation sites is 1. The molecule has 0 saturated carbocycles. The lowest BCUT2D eigenvalue weighted by Crippen LogP contribution is -2.25. The normalized spacial score (nSPS) is 11.9. The van der Waals surface area contributed by atoms with Crippen LogP contribution in [0.15, 0.2) is 29.1 Å². The highest BCUT2D eigenvalue weighted by Gasteiger charge is 2.27. The average molecular weight is 425 g/mol. The summed E-state index contributed by atoms with van der Waals surface area (Å²) in [5, 5.41) is 0.469. The smallest absolute Gasteiger partial charge is 0.339 e. The number of Topliss-reactive ketones (excluding diaryl/α,β-unsaturated/α-hetero) is 1. The third-order valence-corrected chi connectivity index (χ3v) is 4.98. The quantitative estimate of drug-likeness (QED) is 0.439. The minimum Gasteiger partial charge on any atom is -0.465 e. The van der Waals surface area contributed by atoms with Crippen LogP contribution in [0, 0.1) is 13.8 Å². The SMILES string of the molecule is COC(=O)c1c(C)[nH]c(C(=O)C(C)OC(=O)CCc2nc3ccccc3c(=O)[nH]2)c1C. The Morgan fingerprint density at radius 1 is 1.13 bits per heavy atom. The number of carbonyl (C=O) groups is 3. The number of aromatic amines is 2. The number of aromatic nitrogens is 3. The predicted molar refractivity (Wildman–Crippen MR) is 112 cm³/mol. The Morgan fingerprint density at radius 2 is 1.84 bits per heavy atom. The molecular formula is C22H23N3O6. The number of hydrogen-bond donors (Lipinski definition) is 2. The van der Waals surface area contributed by atoms with E-state index >= 15 is 0 Å². The Morgan fingerprint density at radius 3 is 2.55 bits per heavy atom. The first-order valence-corrected chi connectivity index (χ1v) is 9.72. The number of aryl methyl sites for hydroxylation is 2. The largest absolute Gasteiger partial charge is 0.465 e. The van der Waals surface area contributed by atoms with Gasteiger partial charge >= 0.3 is 11.9 Å². The maximum Gasteiger partial charge on any atom is 0.339 e. The zero-order valence-electron chi connectivity index (χ0n) is 17.7. The van der Waals surface area contributed by atoms with Crippen molar-refractivity contribution >= 4 is 28.6 Å². The van der Waals surface area contributed by atoms with E-state index in [4.69, 9.17) is 9.47 Å². The van der Waals surface area contributed by atoms with Gasteiger partial charge in [-0.2, -0.15) is 0 Å². The number of H-pyrrole nitrogens is 2. The summed E-state index contributed by atoms with van der Waals surface area (Å²) >= 11 is 0. The highest BCUT2D eigenvalue weighted by atomic mass is 16.5. The van der Waals surface area contributed by atoms with E-state index < -0.39 is 23.8 Å². The molecule has 162 valence electrons. The fourth-order valence-electron chi connectivity index (χ4n) is 3.39. The summed E-state index contributed by atoms with van der Waals surface area (Å²) < 4.78 is 9.99. The van der Waals surface area contributed by atoms with Gasteiger partial charge in [-0.25, -0.2) is 9.78 Å². The summed E-state index contributed by atoms with van der Waals surface area (Å²) in [6.45, 7) is 4.74. The minimum absolute atomic E-state index is 0.0605. The van der Waals surface area contributed by atoms with E-state index in [0.717, 1.165) is 0 Å². The van der Waals surface area contributed by atoms with E-state index in [2.05, 4.69) is 15.0 Å². The van der Waals surface area contributed by atoms with E-state index in [9.17, 15) is 19.2 Å². The molecule has 2 heterocycles. The average Bonchev–Trinajstić information content (AvgIpc) is 3.05. The van der Waals surface area contributed by atoms with Gasteiger partial charge in [0.1, 0.15) is 5.82 Å². The molecule has 3 aromatic rings. The molecule has 0 bridgehead atoms. The number of esters is 2. The molecule has 0 fully saturated rings. The number of ether oxygens (including phenoxy) is 2. The van der Waals surface area contributed by atoms with Gasteiger partial charge in [-0.1, -0.05) is 12.1 Å². The van der Waals surface area contributed by atoms with Crippen molar-refractivity contribution in [2.24, 2.45) is 0 Å². The number of benzene rings is 1. The van der Waals surface area contributed by atoms with Gasteiger partial charge in [0, 0.05) is 12.1 Å². The third kappa shape index (κ3) is 4.55. The number of carbonyl (C=O) groups excluding carboxylic acids is 3. The number of nitrogens with zero attached hydrogens (tertiary/aromatic N) is 1. The second-order valence-electron chi connectivity index (χ2n) is 7.14. The Labute approximate surface area is 177 Å². The fourth-order valence-corrected chi connectivity index (χ4v) is 3.39. The van der Waals surface area contributed by atoms with E-state index in [1.165, 1.54) is 14.0 Å². The molecule has 0 aliphatic carbocycles. The van der Waals surface area contributed by atoms with Crippen molar-refractivity contribution in [1.82, 2.24) is 15.0 Å². The molecule has 2 N–H and O–H groups in total. The molecule has 1 atom stereocenters. The topological polar surface area (TPSA) is 131 Å². The number of methoxy groups -OCH3 is 1. The first-order chi connectivity index (χ1) is 14.7. The second-order valence-corrected chi connectivity index (χ2v) is 7.14. The Kier molecular flexibility index (Phi) is 6.33. The van der Waals surface area contributed by atoms with Crippen LogP contribution in [0.2, 0.25) is 0 Å². The van der Waals surface area contributed by atoms with Crippen LogP contribution < -0.4 is 5.56 Å². The minimum atomic E-state index is -1.06. The first kappa shape index (κ1) is 21.9. The summed E-state index contributed by atoms with van der Waals surface area (Å²) in [4.78, 5) is 58.8. The fraction of sp³-hybridized carbons (Fsp3) is 0.318. The van der Waals surface area contributed by atoms with Gasteiger partial charge in [0.25, 0.3) is 5.56 Å². The second kappa shape index (κ2) is 8.95. The molecule has 0 amide bonds. The van der Waals surface area contributed by atoms with Crippen molar-refractivity contribution < 1.29 is 23.9 Å². The van der Waals surface area contributed by atoms with Gasteiger partial charge in [0.05, 0.1) is 35.7 Å². The molecule has 9 heteroatoms. The molecule has 2 aromatic heterocycles. The molecular weight excluding hydrogens is 402 g/mol. The van der Waals surface area contributed by atoms with Gasteiger partial charge in [0.15, 0.2) is 6.10 Å². The lowest BCUT2D eigenvalue weighted by Gasteiger charge is -2.12. The van der Waals surface area contributed by atoms with Gasteiger partial charge in [0.2, 0.25) is 5.78 Å². The summed E-state index contributed by atoms with van der Waals surface area (Å²) in [5.41, 5.74) is 1.68. The number of hydrogen-bond acceptors (Lipinski definition) is 7. The Hall–Kier alpha value is -3.75. The first-order valence-electron chi connectivity index (χ1n) is 9.72. The van der Waals surface area contributed by atoms with E-state index in [-0.39, 0.29) is 29.7 Å². The third-order valence-electron chi connectivity index (χ3n) is 4.98. The summed E-state index contributed by atoms with van der Waals surface area (Å²) in [6.07, 6.45) is -0.958. The summed E-state index contributed by atoms with van der Waals surface area (Å²) in [7, 11) is 1.26. The molecule has 3 rings (SSSR count). The Bertz CT molecular complexity index is 1220. The number of ketones is 1. The van der Waals surface area contributed by atoms with Crippen molar-refractivity contribution in [1.29, 1.82) is 0 Å². The number of fused-ring (bicyclic) bond motifs is 1. The lowest BCUT2D eigenvalue weighted by atomic mass is 10.1. The van der Waals surface area contributed by atoms with Crippen molar-refractivity contribution in [3.63, 3.8) is 0 Å². The molecule has 9 nitrogen and oxygen atoms in total. The molecule has 0 radical (unpaired) electrons.